The Labute approximate surface area is 201 Å². The Kier molecular flexibility index (Phi) is 7.08. The average Bonchev–Trinajstić information content (AvgIpc) is 3.09. The fourth-order valence-corrected chi connectivity index (χ4v) is 8.10. The molecule has 5 nitrogen and oxygen atoms in total. The van der Waals surface area contributed by atoms with Gasteiger partial charge in [-0.1, -0.05) is 30.7 Å². The Balaban J connectivity index is 1.40. The van der Waals surface area contributed by atoms with Crippen LogP contribution < -0.4 is 5.32 Å². The summed E-state index contributed by atoms with van der Waals surface area (Å²) < 4.78 is 0. The van der Waals surface area contributed by atoms with E-state index in [1.54, 1.807) is 5.57 Å². The second-order valence-electron chi connectivity index (χ2n) is 13.1. The second-order valence-corrected chi connectivity index (χ2v) is 13.1. The third-order valence-electron chi connectivity index (χ3n) is 9.93. The van der Waals surface area contributed by atoms with Crippen molar-refractivity contribution in [1.82, 2.24) is 5.32 Å². The third-order valence-corrected chi connectivity index (χ3v) is 9.93. The number of oxime groups is 1. The number of nitrogens with zero attached hydrogens (tertiary/aromatic N) is 1. The maximum absolute atomic E-state index is 10.2. The molecular formula is C28H48N2O3. The van der Waals surface area contributed by atoms with Crippen LogP contribution in [-0.2, 0) is 4.84 Å². The lowest BCUT2D eigenvalue weighted by Crippen LogP contribution is -2.50. The van der Waals surface area contributed by atoms with Gasteiger partial charge in [0, 0.05) is 18.0 Å². The zero-order valence-corrected chi connectivity index (χ0v) is 21.9. The quantitative estimate of drug-likeness (QED) is 0.294. The van der Waals surface area contributed by atoms with Crippen molar-refractivity contribution in [3.63, 3.8) is 0 Å². The second kappa shape index (κ2) is 9.28. The molecule has 0 radical (unpaired) electrons. The molecule has 0 aromatic carbocycles. The molecule has 0 aromatic rings. The highest BCUT2D eigenvalue weighted by Crippen LogP contribution is 2.66. The molecule has 0 spiro atoms. The summed E-state index contributed by atoms with van der Waals surface area (Å²) in [5.74, 6) is 2.74. The number of aliphatic hydroxyl groups excluding tert-OH is 2. The Morgan fingerprint density at radius 3 is 2.67 bits per heavy atom. The standard InChI is InChI=1S/C28H48N2O3/c1-18(30-33-17-21(32)16-29-26(2,3)4)23-9-10-24-22-8-7-19-15-20(31)11-13-27(19,5)25(22)12-14-28(23,24)6/h7,20-25,29,31-32H,8-17H2,1-6H3/b30-18+. The summed E-state index contributed by atoms with van der Waals surface area (Å²) in [5, 5.41) is 28.3. The van der Waals surface area contributed by atoms with E-state index in [-0.39, 0.29) is 18.2 Å². The van der Waals surface area contributed by atoms with E-state index in [9.17, 15) is 10.2 Å². The summed E-state index contributed by atoms with van der Waals surface area (Å²) in [7, 11) is 0. The van der Waals surface area contributed by atoms with Gasteiger partial charge in [-0.05, 0) is 108 Å². The normalized spacial score (nSPS) is 42.1. The van der Waals surface area contributed by atoms with Crippen LogP contribution in [-0.4, -0.2) is 46.8 Å². The molecule has 0 amide bonds. The van der Waals surface area contributed by atoms with E-state index in [0.29, 0.717) is 23.3 Å². The van der Waals surface area contributed by atoms with E-state index in [1.807, 2.05) is 0 Å². The van der Waals surface area contributed by atoms with E-state index >= 15 is 0 Å². The molecule has 0 aromatic heterocycles. The summed E-state index contributed by atoms with van der Waals surface area (Å²) in [4.78, 5) is 5.63. The first-order chi connectivity index (χ1) is 15.4. The van der Waals surface area contributed by atoms with Gasteiger partial charge in [0.2, 0.25) is 0 Å². The molecule has 8 atom stereocenters. The molecule has 5 heteroatoms. The summed E-state index contributed by atoms with van der Waals surface area (Å²) in [6.45, 7) is 14.2. The number of hydrogen-bond acceptors (Lipinski definition) is 5. The summed E-state index contributed by atoms with van der Waals surface area (Å²) in [5.41, 5.74) is 3.22. The molecule has 3 N–H and O–H groups in total. The highest BCUT2D eigenvalue weighted by atomic mass is 16.6. The maximum Gasteiger partial charge on any atom is 0.144 e. The molecule has 3 fully saturated rings. The first-order valence-electron chi connectivity index (χ1n) is 13.4. The van der Waals surface area contributed by atoms with Crippen LogP contribution >= 0.6 is 0 Å². The summed E-state index contributed by atoms with van der Waals surface area (Å²) >= 11 is 0. The molecule has 188 valence electrons. The van der Waals surface area contributed by atoms with Gasteiger partial charge < -0.3 is 20.4 Å². The largest absolute Gasteiger partial charge is 0.393 e. The molecule has 4 aliphatic carbocycles. The highest BCUT2D eigenvalue weighted by molar-refractivity contribution is 5.85. The lowest BCUT2D eigenvalue weighted by molar-refractivity contribution is -0.0428. The van der Waals surface area contributed by atoms with Gasteiger partial charge >= 0.3 is 0 Å². The smallest absolute Gasteiger partial charge is 0.144 e. The van der Waals surface area contributed by atoms with E-state index < -0.39 is 6.10 Å². The zero-order valence-electron chi connectivity index (χ0n) is 21.9. The SMILES string of the molecule is C/C(=N\OCC(O)CNC(C)(C)C)C1CCC2C3CC=C4CC(O)CCC4(C)C3CCC12C. The fourth-order valence-electron chi connectivity index (χ4n) is 8.10. The molecule has 0 heterocycles. The molecule has 0 aliphatic heterocycles. The van der Waals surface area contributed by atoms with Gasteiger partial charge in [0.1, 0.15) is 12.7 Å². The summed E-state index contributed by atoms with van der Waals surface area (Å²) in [6.07, 6.45) is 11.1. The van der Waals surface area contributed by atoms with Gasteiger partial charge in [0.05, 0.1) is 11.8 Å². The fraction of sp³-hybridized carbons (Fsp3) is 0.893. The van der Waals surface area contributed by atoms with Crippen LogP contribution in [0.4, 0.5) is 0 Å². The van der Waals surface area contributed by atoms with E-state index in [4.69, 9.17) is 4.84 Å². The molecule has 0 saturated heterocycles. The monoisotopic (exact) mass is 460 g/mol. The number of aliphatic hydroxyl groups is 2. The predicted octanol–water partition coefficient (Wildman–Crippen LogP) is 5.07. The van der Waals surface area contributed by atoms with Gasteiger partial charge in [-0.3, -0.25) is 0 Å². The van der Waals surface area contributed by atoms with Gasteiger partial charge in [0.25, 0.3) is 0 Å². The Bertz CT molecular complexity index is 772. The van der Waals surface area contributed by atoms with Crippen LogP contribution in [0.15, 0.2) is 16.8 Å². The van der Waals surface area contributed by atoms with Crippen molar-refractivity contribution >= 4 is 5.71 Å². The molecule has 4 rings (SSSR count). The van der Waals surface area contributed by atoms with Crippen LogP contribution in [0.1, 0.15) is 92.9 Å². The summed E-state index contributed by atoms with van der Waals surface area (Å²) in [6, 6.07) is 0. The van der Waals surface area contributed by atoms with Crippen molar-refractivity contribution in [2.45, 2.75) is 111 Å². The number of fused-ring (bicyclic) bond motifs is 5. The molecule has 4 aliphatic rings. The third kappa shape index (κ3) is 4.92. The molecule has 3 saturated carbocycles. The van der Waals surface area contributed by atoms with Gasteiger partial charge in [-0.2, -0.15) is 0 Å². The molecule has 0 bridgehead atoms. The maximum atomic E-state index is 10.2. The van der Waals surface area contributed by atoms with E-state index in [1.165, 1.54) is 32.1 Å². The van der Waals surface area contributed by atoms with Gasteiger partial charge in [0.15, 0.2) is 0 Å². The van der Waals surface area contributed by atoms with Crippen LogP contribution in [0, 0.1) is 34.5 Å². The molecule has 33 heavy (non-hydrogen) atoms. The first-order valence-corrected chi connectivity index (χ1v) is 13.4. The average molecular weight is 461 g/mol. The van der Waals surface area contributed by atoms with Crippen molar-refractivity contribution in [2.75, 3.05) is 13.2 Å². The van der Waals surface area contributed by atoms with E-state index in [0.717, 1.165) is 42.7 Å². The number of allylic oxidation sites excluding steroid dienone is 1. The number of nitrogens with one attached hydrogen (secondary N) is 1. The minimum Gasteiger partial charge on any atom is -0.393 e. The van der Waals surface area contributed by atoms with Crippen molar-refractivity contribution in [1.29, 1.82) is 0 Å². The minimum absolute atomic E-state index is 0.0178. The van der Waals surface area contributed by atoms with Crippen molar-refractivity contribution < 1.29 is 15.1 Å². The van der Waals surface area contributed by atoms with E-state index in [2.05, 4.69) is 58.1 Å². The molecule has 8 unspecified atom stereocenters. The van der Waals surface area contributed by atoms with Crippen molar-refractivity contribution in [3.05, 3.63) is 11.6 Å². The van der Waals surface area contributed by atoms with Crippen LogP contribution in [0.3, 0.4) is 0 Å². The molecular weight excluding hydrogens is 412 g/mol. The zero-order chi connectivity index (χ0) is 24.0. The lowest BCUT2D eigenvalue weighted by atomic mass is 9.47. The van der Waals surface area contributed by atoms with Gasteiger partial charge in [-0.15, -0.1) is 0 Å². The Morgan fingerprint density at radius 1 is 1.18 bits per heavy atom. The van der Waals surface area contributed by atoms with Crippen molar-refractivity contribution in [2.24, 2.45) is 39.7 Å². The lowest BCUT2D eigenvalue weighted by Gasteiger charge is -2.58. The van der Waals surface area contributed by atoms with Gasteiger partial charge in [-0.25, -0.2) is 0 Å². The van der Waals surface area contributed by atoms with Crippen LogP contribution in [0.2, 0.25) is 0 Å². The topological polar surface area (TPSA) is 74.1 Å². The number of β-amino-alcohol motifs (C(OH)–C–C–N with tert-alkyl or cyclic N) is 1. The van der Waals surface area contributed by atoms with Crippen molar-refractivity contribution in [3.8, 4) is 0 Å². The minimum atomic E-state index is -0.555. The first kappa shape index (κ1) is 25.2. The number of rotatable bonds is 6. The predicted molar refractivity (Wildman–Crippen MR) is 134 cm³/mol. The number of hydrogen-bond donors (Lipinski definition) is 3. The highest BCUT2D eigenvalue weighted by Gasteiger charge is 2.59. The Hall–Kier alpha value is -0.910. The Morgan fingerprint density at radius 2 is 1.94 bits per heavy atom. The van der Waals surface area contributed by atoms with Crippen LogP contribution in [0.25, 0.3) is 0 Å². The van der Waals surface area contributed by atoms with Crippen LogP contribution in [0.5, 0.6) is 0 Å².